The van der Waals surface area contributed by atoms with E-state index in [1.807, 2.05) is 0 Å². The summed E-state index contributed by atoms with van der Waals surface area (Å²) in [6.07, 6.45) is 4.31. The second-order valence-corrected chi connectivity index (χ2v) is 10.4. The number of phenols is 1. The SMILES string of the molecule is CC1=CC(C)(Cc2cc(C)cc(C(C)(C)C)c2O)C(O)C(C(C)(C)C)=C1. The van der Waals surface area contributed by atoms with Gasteiger partial charge in [0, 0.05) is 5.41 Å². The van der Waals surface area contributed by atoms with Gasteiger partial charge in [0.1, 0.15) is 5.75 Å². The fourth-order valence-corrected chi connectivity index (χ4v) is 4.07. The fraction of sp³-hybridized carbons (Fsp3) is 0.583. The predicted molar refractivity (Wildman–Crippen MR) is 111 cm³/mol. The van der Waals surface area contributed by atoms with E-state index in [1.165, 1.54) is 5.57 Å². The molecule has 0 aromatic heterocycles. The number of allylic oxidation sites excluding steroid dienone is 2. The van der Waals surface area contributed by atoms with Crippen molar-refractivity contribution in [3.63, 3.8) is 0 Å². The lowest BCUT2D eigenvalue weighted by Gasteiger charge is -2.41. The van der Waals surface area contributed by atoms with Gasteiger partial charge in [-0.3, -0.25) is 0 Å². The van der Waals surface area contributed by atoms with Gasteiger partial charge in [-0.25, -0.2) is 0 Å². The van der Waals surface area contributed by atoms with Crippen LogP contribution >= 0.6 is 0 Å². The van der Waals surface area contributed by atoms with Crippen molar-refractivity contribution in [2.24, 2.45) is 10.8 Å². The highest BCUT2D eigenvalue weighted by Gasteiger charge is 2.40. The molecule has 0 radical (unpaired) electrons. The zero-order chi connectivity index (χ0) is 20.1. The number of aryl methyl sites for hydroxylation is 1. The van der Waals surface area contributed by atoms with Crippen LogP contribution in [-0.4, -0.2) is 16.3 Å². The zero-order valence-corrected chi connectivity index (χ0v) is 18.0. The summed E-state index contributed by atoms with van der Waals surface area (Å²) in [6.45, 7) is 19.0. The van der Waals surface area contributed by atoms with Crippen LogP contribution in [0.15, 0.2) is 35.4 Å². The van der Waals surface area contributed by atoms with Crippen LogP contribution in [0, 0.1) is 17.8 Å². The van der Waals surface area contributed by atoms with Gasteiger partial charge in [-0.05, 0) is 47.8 Å². The molecule has 2 atom stereocenters. The number of rotatable bonds is 2. The minimum atomic E-state index is -0.566. The van der Waals surface area contributed by atoms with E-state index >= 15 is 0 Å². The fourth-order valence-electron chi connectivity index (χ4n) is 4.07. The van der Waals surface area contributed by atoms with Crippen LogP contribution in [0.2, 0.25) is 0 Å². The minimum absolute atomic E-state index is 0.0958. The van der Waals surface area contributed by atoms with Crippen molar-refractivity contribution < 1.29 is 10.2 Å². The summed E-state index contributed by atoms with van der Waals surface area (Å²) in [7, 11) is 0. The van der Waals surface area contributed by atoms with Crippen molar-refractivity contribution in [3.8, 4) is 5.75 Å². The molecule has 0 aliphatic heterocycles. The van der Waals surface area contributed by atoms with E-state index in [0.717, 1.165) is 22.3 Å². The zero-order valence-electron chi connectivity index (χ0n) is 18.0. The van der Waals surface area contributed by atoms with Crippen molar-refractivity contribution in [2.45, 2.75) is 80.3 Å². The van der Waals surface area contributed by atoms with E-state index in [9.17, 15) is 10.2 Å². The molecule has 0 saturated heterocycles. The third-order valence-electron chi connectivity index (χ3n) is 5.44. The topological polar surface area (TPSA) is 40.5 Å². The van der Waals surface area contributed by atoms with Crippen LogP contribution in [0.4, 0.5) is 0 Å². The maximum Gasteiger partial charge on any atom is 0.122 e. The maximum absolute atomic E-state index is 11.2. The summed E-state index contributed by atoms with van der Waals surface area (Å²) in [5.74, 6) is 0.370. The third kappa shape index (κ3) is 4.06. The monoisotopic (exact) mass is 356 g/mol. The normalized spacial score (nSPS) is 24.3. The molecular formula is C24H36O2. The molecule has 0 saturated carbocycles. The van der Waals surface area contributed by atoms with Crippen molar-refractivity contribution in [1.82, 2.24) is 0 Å². The molecule has 2 nitrogen and oxygen atoms in total. The van der Waals surface area contributed by atoms with Gasteiger partial charge in [0.15, 0.2) is 0 Å². The van der Waals surface area contributed by atoms with E-state index in [0.29, 0.717) is 12.2 Å². The first kappa shape index (κ1) is 20.8. The Hall–Kier alpha value is -1.54. The number of hydrogen-bond donors (Lipinski definition) is 2. The van der Waals surface area contributed by atoms with Crippen LogP contribution in [0.1, 0.15) is 72.1 Å². The number of aliphatic hydroxyl groups excluding tert-OH is 1. The molecule has 1 aromatic carbocycles. The average molecular weight is 357 g/mol. The van der Waals surface area contributed by atoms with Crippen molar-refractivity contribution in [2.75, 3.05) is 0 Å². The first-order chi connectivity index (χ1) is 11.6. The molecule has 2 N–H and O–H groups in total. The van der Waals surface area contributed by atoms with Crippen LogP contribution in [-0.2, 0) is 11.8 Å². The van der Waals surface area contributed by atoms with Crippen LogP contribution in [0.3, 0.4) is 0 Å². The summed E-state index contributed by atoms with van der Waals surface area (Å²) in [5.41, 5.74) is 4.59. The van der Waals surface area contributed by atoms with Crippen molar-refractivity contribution >= 4 is 0 Å². The van der Waals surface area contributed by atoms with Gasteiger partial charge < -0.3 is 10.2 Å². The Morgan fingerprint density at radius 2 is 1.58 bits per heavy atom. The second kappa shape index (κ2) is 6.56. The van der Waals surface area contributed by atoms with Gasteiger partial charge >= 0.3 is 0 Å². The van der Waals surface area contributed by atoms with Gasteiger partial charge in [0.2, 0.25) is 0 Å². The number of hydrogen-bond acceptors (Lipinski definition) is 2. The number of phenolic OH excluding ortho intramolecular Hbond substituents is 1. The molecule has 2 unspecified atom stereocenters. The molecule has 0 bridgehead atoms. The van der Waals surface area contributed by atoms with E-state index in [4.69, 9.17) is 0 Å². The molecule has 26 heavy (non-hydrogen) atoms. The summed E-state index contributed by atoms with van der Waals surface area (Å²) >= 11 is 0. The Kier molecular flexibility index (Phi) is 5.24. The molecule has 2 heteroatoms. The van der Waals surface area contributed by atoms with E-state index in [1.54, 1.807) is 0 Å². The lowest BCUT2D eigenvalue weighted by Crippen LogP contribution is -2.40. The van der Waals surface area contributed by atoms with Gasteiger partial charge in [-0.2, -0.15) is 0 Å². The second-order valence-electron chi connectivity index (χ2n) is 10.4. The third-order valence-corrected chi connectivity index (χ3v) is 5.44. The molecule has 144 valence electrons. The quantitative estimate of drug-likeness (QED) is 0.699. The molecule has 1 aliphatic rings. The summed E-state index contributed by atoms with van der Waals surface area (Å²) < 4.78 is 0. The summed E-state index contributed by atoms with van der Waals surface area (Å²) in [4.78, 5) is 0. The smallest absolute Gasteiger partial charge is 0.122 e. The first-order valence-corrected chi connectivity index (χ1v) is 9.58. The Morgan fingerprint density at radius 3 is 2.08 bits per heavy atom. The molecule has 0 fully saturated rings. The molecule has 1 aliphatic carbocycles. The maximum atomic E-state index is 11.2. The molecule has 0 spiro atoms. The first-order valence-electron chi connectivity index (χ1n) is 9.58. The molecule has 1 aromatic rings. The summed E-state index contributed by atoms with van der Waals surface area (Å²) in [6, 6.07) is 4.13. The molecule has 0 heterocycles. The van der Waals surface area contributed by atoms with Gasteiger partial charge in [0.05, 0.1) is 6.10 Å². The minimum Gasteiger partial charge on any atom is -0.507 e. The van der Waals surface area contributed by atoms with Crippen molar-refractivity contribution in [3.05, 3.63) is 52.1 Å². The number of aromatic hydroxyl groups is 1. The lowest BCUT2D eigenvalue weighted by atomic mass is 9.66. The van der Waals surface area contributed by atoms with Crippen LogP contribution in [0.5, 0.6) is 5.75 Å². The molecule has 2 rings (SSSR count). The molecule has 0 amide bonds. The standard InChI is InChI=1S/C24H36O2/c1-15-10-17(20(25)18(11-15)22(3,4)5)14-24(9)13-16(2)12-19(21(24)26)23(6,7)8/h10-13,21,25-26H,14H2,1-9H3. The van der Waals surface area contributed by atoms with Gasteiger partial charge in [-0.1, -0.05) is 83.9 Å². The summed E-state index contributed by atoms with van der Waals surface area (Å²) in [5, 5.41) is 22.2. The highest BCUT2D eigenvalue weighted by Crippen LogP contribution is 2.45. The lowest BCUT2D eigenvalue weighted by molar-refractivity contribution is 0.0814. The Balaban J connectivity index is 2.52. The Bertz CT molecular complexity index is 754. The average Bonchev–Trinajstić information content (AvgIpc) is 2.44. The van der Waals surface area contributed by atoms with Crippen molar-refractivity contribution in [1.29, 1.82) is 0 Å². The number of aliphatic hydroxyl groups is 1. The van der Waals surface area contributed by atoms with E-state index in [2.05, 4.69) is 86.6 Å². The Morgan fingerprint density at radius 1 is 1.00 bits per heavy atom. The van der Waals surface area contributed by atoms with Gasteiger partial charge in [0.25, 0.3) is 0 Å². The van der Waals surface area contributed by atoms with E-state index < -0.39 is 11.5 Å². The largest absolute Gasteiger partial charge is 0.507 e. The highest BCUT2D eigenvalue weighted by molar-refractivity contribution is 5.48. The number of benzene rings is 1. The predicted octanol–water partition coefficient (Wildman–Crippen LogP) is 5.84. The van der Waals surface area contributed by atoms with Crippen LogP contribution < -0.4 is 0 Å². The van der Waals surface area contributed by atoms with E-state index in [-0.39, 0.29) is 10.8 Å². The van der Waals surface area contributed by atoms with Crippen LogP contribution in [0.25, 0.3) is 0 Å². The highest BCUT2D eigenvalue weighted by atomic mass is 16.3. The van der Waals surface area contributed by atoms with Gasteiger partial charge in [-0.15, -0.1) is 0 Å². The molecular weight excluding hydrogens is 320 g/mol. The Labute approximate surface area is 159 Å².